The maximum absolute atomic E-state index is 14.1. The molecule has 0 unspecified atom stereocenters. The molecule has 3 aromatic carbocycles. The van der Waals surface area contributed by atoms with E-state index in [-0.39, 0.29) is 29.1 Å². The zero-order chi connectivity index (χ0) is 29.7. The average Bonchev–Trinajstić information content (AvgIpc) is 3.45. The minimum atomic E-state index is -4.15. The van der Waals surface area contributed by atoms with Crippen molar-refractivity contribution in [1.29, 1.82) is 0 Å². The molecule has 3 aromatic rings. The van der Waals surface area contributed by atoms with Gasteiger partial charge in [0.25, 0.3) is 10.0 Å². The van der Waals surface area contributed by atoms with Gasteiger partial charge in [0.05, 0.1) is 10.6 Å². The van der Waals surface area contributed by atoms with Gasteiger partial charge >= 0.3 is 0 Å². The molecular formula is C31H35BrClN3O4S. The number of carbonyl (C=O) groups excluding carboxylic acids is 2. The van der Waals surface area contributed by atoms with Crippen LogP contribution in [0.1, 0.15) is 49.3 Å². The zero-order valence-electron chi connectivity index (χ0n) is 23.4. The quantitative estimate of drug-likeness (QED) is 0.273. The van der Waals surface area contributed by atoms with Gasteiger partial charge in [0.15, 0.2) is 0 Å². The number of nitrogens with one attached hydrogen (secondary N) is 1. The van der Waals surface area contributed by atoms with Gasteiger partial charge in [-0.1, -0.05) is 76.3 Å². The highest BCUT2D eigenvalue weighted by Crippen LogP contribution is 2.29. The minimum Gasteiger partial charge on any atom is -0.352 e. The van der Waals surface area contributed by atoms with Gasteiger partial charge in [-0.2, -0.15) is 0 Å². The van der Waals surface area contributed by atoms with E-state index in [1.165, 1.54) is 17.0 Å². The molecule has 41 heavy (non-hydrogen) atoms. The van der Waals surface area contributed by atoms with Crippen molar-refractivity contribution in [2.45, 2.75) is 70.0 Å². The lowest BCUT2D eigenvalue weighted by Gasteiger charge is -2.32. The van der Waals surface area contributed by atoms with Crippen molar-refractivity contribution in [1.82, 2.24) is 10.2 Å². The van der Waals surface area contributed by atoms with Gasteiger partial charge < -0.3 is 10.2 Å². The Morgan fingerprint density at radius 1 is 1.00 bits per heavy atom. The lowest BCUT2D eigenvalue weighted by molar-refractivity contribution is -0.139. The van der Waals surface area contributed by atoms with Crippen LogP contribution in [0.2, 0.25) is 5.02 Å². The first-order valence-electron chi connectivity index (χ1n) is 13.7. The fourth-order valence-electron chi connectivity index (χ4n) is 4.86. The summed E-state index contributed by atoms with van der Waals surface area (Å²) >= 11 is 9.82. The molecule has 0 saturated heterocycles. The zero-order valence-corrected chi connectivity index (χ0v) is 26.6. The molecule has 10 heteroatoms. The standard InChI is InChI=1S/C31H35BrClN3O4S/c1-21-8-16-28(17-9-21)41(39,40)36(27-15-10-22(2)29(33)18-27)20-30(37)35(19-24-11-13-25(32)14-12-24)23(3)31(38)34-26-6-4-5-7-26/h8-18,23,26H,4-7,19-20H2,1-3H3,(H,34,38)/t23-/m0/s1. The summed E-state index contributed by atoms with van der Waals surface area (Å²) < 4.78 is 29.9. The van der Waals surface area contributed by atoms with Gasteiger partial charge in [0, 0.05) is 22.1 Å². The Morgan fingerprint density at radius 2 is 1.63 bits per heavy atom. The summed E-state index contributed by atoms with van der Waals surface area (Å²) in [4.78, 5) is 28.9. The van der Waals surface area contributed by atoms with E-state index in [0.29, 0.717) is 5.02 Å². The first-order valence-corrected chi connectivity index (χ1v) is 16.3. The number of amides is 2. The molecule has 4 rings (SSSR count). The Morgan fingerprint density at radius 3 is 2.24 bits per heavy atom. The van der Waals surface area contributed by atoms with Crippen molar-refractivity contribution >= 4 is 55.1 Å². The highest BCUT2D eigenvalue weighted by molar-refractivity contribution is 9.10. The molecule has 0 spiro atoms. The average molecular weight is 661 g/mol. The van der Waals surface area contributed by atoms with Crippen molar-refractivity contribution in [3.63, 3.8) is 0 Å². The van der Waals surface area contributed by atoms with E-state index < -0.39 is 28.5 Å². The van der Waals surface area contributed by atoms with Gasteiger partial charge in [0.2, 0.25) is 11.8 Å². The van der Waals surface area contributed by atoms with Crippen molar-refractivity contribution in [3.8, 4) is 0 Å². The van der Waals surface area contributed by atoms with Crippen LogP contribution in [-0.2, 0) is 26.2 Å². The Bertz CT molecular complexity index is 1490. The van der Waals surface area contributed by atoms with Gasteiger partial charge in [0.1, 0.15) is 12.6 Å². The Balaban J connectivity index is 1.70. The predicted octanol–water partition coefficient (Wildman–Crippen LogP) is 6.39. The van der Waals surface area contributed by atoms with Crippen molar-refractivity contribution < 1.29 is 18.0 Å². The third-order valence-corrected chi connectivity index (χ3v) is 10.2. The van der Waals surface area contributed by atoms with Crippen molar-refractivity contribution in [2.24, 2.45) is 0 Å². The molecule has 0 heterocycles. The van der Waals surface area contributed by atoms with E-state index in [9.17, 15) is 18.0 Å². The van der Waals surface area contributed by atoms with Gasteiger partial charge in [-0.3, -0.25) is 13.9 Å². The SMILES string of the molecule is Cc1ccc(S(=O)(=O)N(CC(=O)N(Cc2ccc(Br)cc2)[C@@H](C)C(=O)NC2CCCC2)c2ccc(C)c(Cl)c2)cc1. The summed E-state index contributed by atoms with van der Waals surface area (Å²) in [7, 11) is -4.15. The molecular weight excluding hydrogens is 626 g/mol. The molecule has 2 amide bonds. The van der Waals surface area contributed by atoms with Gasteiger partial charge in [-0.25, -0.2) is 8.42 Å². The Labute approximate surface area is 256 Å². The number of anilines is 1. The number of benzene rings is 3. The van der Waals surface area contributed by atoms with Crippen LogP contribution in [-0.4, -0.2) is 43.8 Å². The molecule has 1 atom stereocenters. The number of aryl methyl sites for hydroxylation is 2. The molecule has 0 aliphatic heterocycles. The highest BCUT2D eigenvalue weighted by atomic mass is 79.9. The van der Waals surface area contributed by atoms with E-state index in [0.717, 1.165) is 51.2 Å². The molecule has 218 valence electrons. The third kappa shape index (κ3) is 7.70. The van der Waals surface area contributed by atoms with Crippen molar-refractivity contribution in [2.75, 3.05) is 10.8 Å². The summed E-state index contributed by atoms with van der Waals surface area (Å²) in [6.45, 7) is 5.00. The topological polar surface area (TPSA) is 86.8 Å². The number of hydrogen-bond donors (Lipinski definition) is 1. The number of halogens is 2. The van der Waals surface area contributed by atoms with Crippen LogP contribution in [0.15, 0.2) is 76.1 Å². The summed E-state index contributed by atoms with van der Waals surface area (Å²) in [5, 5.41) is 3.46. The fourth-order valence-corrected chi connectivity index (χ4v) is 6.71. The van der Waals surface area contributed by atoms with Crippen LogP contribution in [0.4, 0.5) is 5.69 Å². The number of carbonyl (C=O) groups is 2. The minimum absolute atomic E-state index is 0.0547. The largest absolute Gasteiger partial charge is 0.352 e. The molecule has 1 aliphatic rings. The molecule has 1 aliphatic carbocycles. The smallest absolute Gasteiger partial charge is 0.264 e. The Hall–Kier alpha value is -2.88. The molecule has 0 bridgehead atoms. The first-order chi connectivity index (χ1) is 19.5. The number of rotatable bonds is 10. The van der Waals surface area contributed by atoms with Crippen LogP contribution in [0, 0.1) is 13.8 Å². The number of hydrogen-bond acceptors (Lipinski definition) is 4. The second-order valence-corrected chi connectivity index (χ2v) is 13.8. The van der Waals surface area contributed by atoms with E-state index in [2.05, 4.69) is 21.2 Å². The van der Waals surface area contributed by atoms with Crippen LogP contribution in [0.25, 0.3) is 0 Å². The van der Waals surface area contributed by atoms with E-state index in [1.807, 2.05) is 38.1 Å². The van der Waals surface area contributed by atoms with Crippen LogP contribution in [0.5, 0.6) is 0 Å². The maximum Gasteiger partial charge on any atom is 0.264 e. The lowest BCUT2D eigenvalue weighted by Crippen LogP contribution is -2.52. The molecule has 1 fully saturated rings. The summed E-state index contributed by atoms with van der Waals surface area (Å²) in [5.41, 5.74) is 2.77. The van der Waals surface area contributed by atoms with Gasteiger partial charge in [-0.15, -0.1) is 0 Å². The summed E-state index contributed by atoms with van der Waals surface area (Å²) in [6.07, 6.45) is 3.95. The number of nitrogens with zero attached hydrogens (tertiary/aromatic N) is 2. The third-order valence-electron chi connectivity index (χ3n) is 7.47. The van der Waals surface area contributed by atoms with Gasteiger partial charge in [-0.05, 0) is 81.1 Å². The van der Waals surface area contributed by atoms with Crippen LogP contribution in [0.3, 0.4) is 0 Å². The van der Waals surface area contributed by atoms with Crippen molar-refractivity contribution in [3.05, 3.63) is 92.9 Å². The van der Waals surface area contributed by atoms with E-state index >= 15 is 0 Å². The predicted molar refractivity (Wildman–Crippen MR) is 166 cm³/mol. The maximum atomic E-state index is 14.1. The molecule has 7 nitrogen and oxygen atoms in total. The second-order valence-electron chi connectivity index (χ2n) is 10.6. The fraction of sp³-hybridized carbons (Fsp3) is 0.355. The summed E-state index contributed by atoms with van der Waals surface area (Å²) in [5.74, 6) is -0.761. The Kier molecular flexibility index (Phi) is 10.2. The van der Waals surface area contributed by atoms with E-state index in [4.69, 9.17) is 11.6 Å². The highest BCUT2D eigenvalue weighted by Gasteiger charge is 2.33. The first kappa shape index (κ1) is 31.1. The summed E-state index contributed by atoms with van der Waals surface area (Å²) in [6, 6.07) is 18.1. The van der Waals surface area contributed by atoms with E-state index in [1.54, 1.807) is 37.3 Å². The molecule has 1 saturated carbocycles. The van der Waals surface area contributed by atoms with Crippen LogP contribution < -0.4 is 9.62 Å². The normalized spacial score (nSPS) is 14.5. The monoisotopic (exact) mass is 659 g/mol. The lowest BCUT2D eigenvalue weighted by atomic mass is 10.1. The molecule has 0 aromatic heterocycles. The molecule has 1 N–H and O–H groups in total. The van der Waals surface area contributed by atoms with Crippen LogP contribution >= 0.6 is 27.5 Å². The second kappa shape index (κ2) is 13.4. The number of sulfonamides is 1. The molecule has 0 radical (unpaired) electrons.